The molecule has 1 amide bonds. The van der Waals surface area contributed by atoms with Gasteiger partial charge in [-0.3, -0.25) is 14.5 Å². The first kappa shape index (κ1) is 21.2. The molecule has 0 saturated carbocycles. The Balaban J connectivity index is 1.72. The Hall–Kier alpha value is -3.62. The fourth-order valence-electron chi connectivity index (χ4n) is 3.81. The SMILES string of the molecule is COc1cccc(C(O)=C2C(=O)C(=O)N(c3nc4ccc(Cl)cc4s3)C2c2ccc(C)o2)c1. The number of carbonyl (C=O) groups is 2. The van der Waals surface area contributed by atoms with Gasteiger partial charge in [0, 0.05) is 10.6 Å². The first-order chi connectivity index (χ1) is 15.9. The van der Waals surface area contributed by atoms with Crippen LogP contribution in [0.25, 0.3) is 16.0 Å². The highest BCUT2D eigenvalue weighted by Gasteiger charge is 2.49. The predicted octanol–water partition coefficient (Wildman–Crippen LogP) is 5.49. The molecule has 0 spiro atoms. The molecule has 1 fully saturated rings. The zero-order valence-electron chi connectivity index (χ0n) is 17.5. The van der Waals surface area contributed by atoms with Crippen molar-refractivity contribution in [3.8, 4) is 5.75 Å². The van der Waals surface area contributed by atoms with E-state index in [4.69, 9.17) is 20.8 Å². The van der Waals surface area contributed by atoms with Crippen LogP contribution in [-0.4, -0.2) is 28.9 Å². The Morgan fingerprint density at radius 3 is 2.73 bits per heavy atom. The number of aromatic nitrogens is 1. The second-order valence-electron chi connectivity index (χ2n) is 7.46. The number of aliphatic hydroxyl groups excluding tert-OH is 1. The maximum Gasteiger partial charge on any atom is 0.302 e. The molecule has 2 aromatic heterocycles. The first-order valence-electron chi connectivity index (χ1n) is 9.95. The lowest BCUT2D eigenvalue weighted by atomic mass is 9.99. The average Bonchev–Trinajstić information content (AvgIpc) is 3.49. The van der Waals surface area contributed by atoms with E-state index < -0.39 is 17.7 Å². The lowest BCUT2D eigenvalue weighted by Crippen LogP contribution is -2.29. The summed E-state index contributed by atoms with van der Waals surface area (Å²) in [5.74, 6) is -0.503. The maximum absolute atomic E-state index is 13.2. The van der Waals surface area contributed by atoms with Gasteiger partial charge >= 0.3 is 5.91 Å². The summed E-state index contributed by atoms with van der Waals surface area (Å²) in [6.07, 6.45) is 0. The summed E-state index contributed by atoms with van der Waals surface area (Å²) in [5, 5.41) is 12.0. The number of amides is 1. The van der Waals surface area contributed by atoms with E-state index in [0.717, 1.165) is 4.70 Å². The van der Waals surface area contributed by atoms with Crippen LogP contribution < -0.4 is 9.64 Å². The number of nitrogens with zero attached hydrogens (tertiary/aromatic N) is 2. The number of benzene rings is 2. The van der Waals surface area contributed by atoms with Gasteiger partial charge in [-0.1, -0.05) is 35.1 Å². The number of rotatable bonds is 4. The van der Waals surface area contributed by atoms with Crippen LogP contribution in [0.15, 0.2) is 64.6 Å². The first-order valence-corrected chi connectivity index (χ1v) is 11.1. The van der Waals surface area contributed by atoms with Gasteiger partial charge in [0.2, 0.25) is 0 Å². The van der Waals surface area contributed by atoms with Crippen molar-refractivity contribution in [2.75, 3.05) is 12.0 Å². The summed E-state index contributed by atoms with van der Waals surface area (Å²) in [7, 11) is 1.50. The zero-order valence-corrected chi connectivity index (χ0v) is 19.1. The minimum atomic E-state index is -0.985. The van der Waals surface area contributed by atoms with Crippen molar-refractivity contribution < 1.29 is 23.8 Å². The van der Waals surface area contributed by atoms with Crippen molar-refractivity contribution in [2.24, 2.45) is 0 Å². The molecule has 1 aliphatic rings. The minimum Gasteiger partial charge on any atom is -0.507 e. The molecule has 1 unspecified atom stereocenters. The number of aliphatic hydroxyl groups is 1. The van der Waals surface area contributed by atoms with E-state index in [1.807, 2.05) is 0 Å². The molecule has 7 nitrogen and oxygen atoms in total. The fraction of sp³-hybridized carbons (Fsp3) is 0.125. The highest BCUT2D eigenvalue weighted by atomic mass is 35.5. The maximum atomic E-state index is 13.2. The van der Waals surface area contributed by atoms with Gasteiger partial charge in [0.1, 0.15) is 29.1 Å². The predicted molar refractivity (Wildman–Crippen MR) is 126 cm³/mol. The van der Waals surface area contributed by atoms with Gasteiger partial charge in [-0.15, -0.1) is 0 Å². The number of furan rings is 1. The van der Waals surface area contributed by atoms with Crippen LogP contribution in [0, 0.1) is 6.92 Å². The zero-order chi connectivity index (χ0) is 23.3. The number of Topliss-reactive ketones (excluding diaryl/α,β-unsaturated/α-hetero) is 1. The van der Waals surface area contributed by atoms with Crippen LogP contribution in [0.3, 0.4) is 0 Å². The normalized spacial score (nSPS) is 17.8. The van der Waals surface area contributed by atoms with Gasteiger partial charge in [-0.2, -0.15) is 0 Å². The number of fused-ring (bicyclic) bond motifs is 1. The second kappa shape index (κ2) is 8.06. The molecule has 1 atom stereocenters. The second-order valence-corrected chi connectivity index (χ2v) is 8.90. The molecule has 0 radical (unpaired) electrons. The smallest absolute Gasteiger partial charge is 0.302 e. The lowest BCUT2D eigenvalue weighted by Gasteiger charge is -2.20. The van der Waals surface area contributed by atoms with E-state index in [9.17, 15) is 14.7 Å². The number of hydrogen-bond donors (Lipinski definition) is 1. The number of methoxy groups -OCH3 is 1. The summed E-state index contributed by atoms with van der Waals surface area (Å²) in [6, 6.07) is 14.3. The summed E-state index contributed by atoms with van der Waals surface area (Å²) >= 11 is 7.33. The van der Waals surface area contributed by atoms with Gasteiger partial charge in [-0.05, 0) is 49.4 Å². The highest BCUT2D eigenvalue weighted by molar-refractivity contribution is 7.22. The molecule has 0 aliphatic carbocycles. The molecule has 3 heterocycles. The van der Waals surface area contributed by atoms with Crippen LogP contribution in [0.4, 0.5) is 5.13 Å². The van der Waals surface area contributed by atoms with Crippen molar-refractivity contribution >= 4 is 55.7 Å². The minimum absolute atomic E-state index is 0.0834. The molecule has 166 valence electrons. The Kier molecular flexibility index (Phi) is 5.19. The lowest BCUT2D eigenvalue weighted by molar-refractivity contribution is -0.132. The molecule has 1 N–H and O–H groups in total. The molecule has 1 saturated heterocycles. The van der Waals surface area contributed by atoms with Crippen LogP contribution in [0.1, 0.15) is 23.1 Å². The molecule has 9 heteroatoms. The Morgan fingerprint density at radius 2 is 2.00 bits per heavy atom. The molecule has 0 bridgehead atoms. The number of anilines is 1. The monoisotopic (exact) mass is 480 g/mol. The van der Waals surface area contributed by atoms with Crippen LogP contribution >= 0.6 is 22.9 Å². The highest BCUT2D eigenvalue weighted by Crippen LogP contribution is 2.45. The number of halogens is 1. The molecule has 5 rings (SSSR count). The molecule has 4 aromatic rings. The van der Waals surface area contributed by atoms with E-state index >= 15 is 0 Å². The Morgan fingerprint density at radius 1 is 1.18 bits per heavy atom. The Labute approximate surface area is 197 Å². The van der Waals surface area contributed by atoms with E-state index in [2.05, 4.69) is 4.98 Å². The number of aryl methyl sites for hydroxylation is 1. The van der Waals surface area contributed by atoms with E-state index in [0.29, 0.717) is 38.5 Å². The van der Waals surface area contributed by atoms with Crippen LogP contribution in [0.2, 0.25) is 5.02 Å². The summed E-state index contributed by atoms with van der Waals surface area (Å²) in [6.45, 7) is 1.76. The van der Waals surface area contributed by atoms with E-state index in [1.54, 1.807) is 61.5 Å². The van der Waals surface area contributed by atoms with Gasteiger partial charge < -0.3 is 14.3 Å². The molecule has 33 heavy (non-hydrogen) atoms. The third-order valence-electron chi connectivity index (χ3n) is 5.36. The summed E-state index contributed by atoms with van der Waals surface area (Å²) in [5.41, 5.74) is 0.903. The van der Waals surface area contributed by atoms with Gasteiger partial charge in [-0.25, -0.2) is 4.98 Å². The Bertz CT molecular complexity index is 1450. The average molecular weight is 481 g/mol. The number of ketones is 1. The fourth-order valence-corrected chi connectivity index (χ4v) is 5.08. The standard InChI is InChI=1S/C24H17ClN2O5S/c1-12-6-9-17(32-12)20-19(21(28)13-4-3-5-15(10-13)31-2)22(29)23(30)27(20)24-26-16-8-7-14(25)11-18(16)33-24/h3-11,20,28H,1-2H3. The summed E-state index contributed by atoms with van der Waals surface area (Å²) in [4.78, 5) is 32.2. The van der Waals surface area contributed by atoms with Crippen LogP contribution in [0.5, 0.6) is 5.75 Å². The van der Waals surface area contributed by atoms with Gasteiger partial charge in [0.15, 0.2) is 5.13 Å². The van der Waals surface area contributed by atoms with Crippen molar-refractivity contribution in [3.05, 3.63) is 82.3 Å². The number of thiazole rings is 1. The molecular formula is C24H17ClN2O5S. The molecule has 2 aromatic carbocycles. The van der Waals surface area contributed by atoms with E-state index in [1.165, 1.54) is 23.3 Å². The number of carbonyl (C=O) groups excluding carboxylic acids is 2. The third-order valence-corrected chi connectivity index (χ3v) is 6.62. The largest absolute Gasteiger partial charge is 0.507 e. The van der Waals surface area contributed by atoms with E-state index in [-0.39, 0.29) is 11.3 Å². The van der Waals surface area contributed by atoms with Crippen molar-refractivity contribution in [2.45, 2.75) is 13.0 Å². The van der Waals surface area contributed by atoms with Crippen molar-refractivity contribution in [3.63, 3.8) is 0 Å². The number of ether oxygens (including phenoxy) is 1. The molecule has 1 aliphatic heterocycles. The summed E-state index contributed by atoms with van der Waals surface area (Å²) < 4.78 is 11.8. The third kappa shape index (κ3) is 3.57. The van der Waals surface area contributed by atoms with Gasteiger partial charge in [0.05, 0.1) is 22.9 Å². The quantitative estimate of drug-likeness (QED) is 0.236. The van der Waals surface area contributed by atoms with Gasteiger partial charge in [0.25, 0.3) is 5.78 Å². The topological polar surface area (TPSA) is 92.9 Å². The number of hydrogen-bond acceptors (Lipinski definition) is 7. The molecular weight excluding hydrogens is 464 g/mol. The van der Waals surface area contributed by atoms with Crippen molar-refractivity contribution in [1.29, 1.82) is 0 Å². The van der Waals surface area contributed by atoms with Crippen LogP contribution in [-0.2, 0) is 9.59 Å². The van der Waals surface area contributed by atoms with Crippen molar-refractivity contribution in [1.82, 2.24) is 4.98 Å².